The maximum absolute atomic E-state index is 11.2. The summed E-state index contributed by atoms with van der Waals surface area (Å²) in [6.45, 7) is 14.2. The lowest BCUT2D eigenvalue weighted by Gasteiger charge is -2.19. The third-order valence-electron chi connectivity index (χ3n) is 2.75. The van der Waals surface area contributed by atoms with Crippen molar-refractivity contribution < 1.29 is 9.53 Å². The number of unbranched alkanes of at least 4 members (excludes halogenated alkanes) is 1. The van der Waals surface area contributed by atoms with Crippen LogP contribution in [0.15, 0.2) is 37.0 Å². The van der Waals surface area contributed by atoms with E-state index in [1.54, 1.807) is 6.92 Å². The molecule has 3 heteroatoms. The molecule has 0 heterocycles. The van der Waals surface area contributed by atoms with Gasteiger partial charge in [0.15, 0.2) is 0 Å². The Labute approximate surface area is 117 Å². The van der Waals surface area contributed by atoms with Crippen LogP contribution in [0.4, 0.5) is 0 Å². The van der Waals surface area contributed by atoms with Crippen LogP contribution in [0.1, 0.15) is 33.1 Å². The average Bonchev–Trinajstić information content (AvgIpc) is 2.40. The topological polar surface area (TPSA) is 29.5 Å². The first-order chi connectivity index (χ1) is 9.11. The first-order valence-electron chi connectivity index (χ1n) is 6.92. The van der Waals surface area contributed by atoms with E-state index in [1.165, 1.54) is 0 Å². The number of carbonyl (C=O) groups excluding carboxylic acids is 1. The van der Waals surface area contributed by atoms with Gasteiger partial charge in [-0.3, -0.25) is 4.90 Å². The molecule has 0 aromatic rings. The van der Waals surface area contributed by atoms with Crippen molar-refractivity contribution in [3.63, 3.8) is 0 Å². The van der Waals surface area contributed by atoms with Crippen LogP contribution in [0, 0.1) is 0 Å². The minimum Gasteiger partial charge on any atom is -0.461 e. The van der Waals surface area contributed by atoms with Crippen molar-refractivity contribution >= 4 is 5.97 Å². The summed E-state index contributed by atoms with van der Waals surface area (Å²) in [5, 5.41) is 0. The summed E-state index contributed by atoms with van der Waals surface area (Å²) in [6, 6.07) is 0. The molecule has 108 valence electrons. The Morgan fingerprint density at radius 2 is 1.89 bits per heavy atom. The average molecular weight is 265 g/mol. The molecular weight excluding hydrogens is 238 g/mol. The van der Waals surface area contributed by atoms with Crippen molar-refractivity contribution in [3.05, 3.63) is 37.0 Å². The lowest BCUT2D eigenvalue weighted by atomic mass is 10.2. The second kappa shape index (κ2) is 11.7. The molecule has 0 bridgehead atoms. The lowest BCUT2D eigenvalue weighted by Crippen LogP contribution is -2.29. The van der Waals surface area contributed by atoms with Gasteiger partial charge in [-0.15, -0.1) is 6.58 Å². The largest absolute Gasteiger partial charge is 0.461 e. The number of hydrogen-bond acceptors (Lipinski definition) is 3. The summed E-state index contributed by atoms with van der Waals surface area (Å²) in [5.74, 6) is -0.305. The van der Waals surface area contributed by atoms with Gasteiger partial charge in [0.25, 0.3) is 0 Å². The van der Waals surface area contributed by atoms with E-state index in [0.29, 0.717) is 12.2 Å². The molecule has 0 atom stereocenters. The molecule has 0 radical (unpaired) electrons. The zero-order valence-corrected chi connectivity index (χ0v) is 12.4. The molecule has 0 aliphatic heterocycles. The van der Waals surface area contributed by atoms with E-state index >= 15 is 0 Å². The molecule has 0 unspecified atom stereocenters. The van der Waals surface area contributed by atoms with E-state index in [9.17, 15) is 4.79 Å². The summed E-state index contributed by atoms with van der Waals surface area (Å²) < 4.78 is 5.09. The van der Waals surface area contributed by atoms with Crippen LogP contribution in [0.5, 0.6) is 0 Å². The Morgan fingerprint density at radius 3 is 2.47 bits per heavy atom. The highest BCUT2D eigenvalue weighted by atomic mass is 16.5. The minimum atomic E-state index is -0.305. The molecule has 0 aromatic carbocycles. The number of hydrogen-bond donors (Lipinski definition) is 0. The van der Waals surface area contributed by atoms with Gasteiger partial charge in [0.1, 0.15) is 6.61 Å². The standard InChI is InChI=1S/C16H27NO2/c1-5-7-8-9-10-11-12-17(6-2)13-14-19-16(18)15(3)4/h5,9-10H,1,3,6-8,11-14H2,2,4H3/b10-9+. The monoisotopic (exact) mass is 265 g/mol. The van der Waals surface area contributed by atoms with Crippen molar-refractivity contribution in [2.24, 2.45) is 0 Å². The van der Waals surface area contributed by atoms with Gasteiger partial charge in [-0.2, -0.15) is 0 Å². The van der Waals surface area contributed by atoms with Crippen molar-refractivity contribution in [2.45, 2.75) is 33.1 Å². The zero-order chi connectivity index (χ0) is 14.5. The number of rotatable bonds is 11. The quantitative estimate of drug-likeness (QED) is 0.248. The highest BCUT2D eigenvalue weighted by Gasteiger charge is 2.05. The number of allylic oxidation sites excluding steroid dienone is 2. The molecule has 0 aliphatic carbocycles. The van der Waals surface area contributed by atoms with Crippen LogP contribution < -0.4 is 0 Å². The smallest absolute Gasteiger partial charge is 0.333 e. The number of ether oxygens (including phenoxy) is 1. The maximum atomic E-state index is 11.2. The highest BCUT2D eigenvalue weighted by Crippen LogP contribution is 1.97. The Balaban J connectivity index is 3.71. The lowest BCUT2D eigenvalue weighted by molar-refractivity contribution is -0.139. The van der Waals surface area contributed by atoms with Gasteiger partial charge in [-0.25, -0.2) is 4.79 Å². The van der Waals surface area contributed by atoms with Gasteiger partial charge >= 0.3 is 5.97 Å². The van der Waals surface area contributed by atoms with E-state index in [1.807, 2.05) is 6.08 Å². The van der Waals surface area contributed by atoms with E-state index in [4.69, 9.17) is 4.74 Å². The van der Waals surface area contributed by atoms with Crippen LogP contribution in [0.2, 0.25) is 0 Å². The summed E-state index contributed by atoms with van der Waals surface area (Å²) in [4.78, 5) is 13.5. The summed E-state index contributed by atoms with van der Waals surface area (Å²) in [7, 11) is 0. The summed E-state index contributed by atoms with van der Waals surface area (Å²) in [6.07, 6.45) is 9.44. The Hall–Kier alpha value is -1.35. The molecule has 0 rings (SSSR count). The molecule has 0 aliphatic rings. The van der Waals surface area contributed by atoms with Crippen LogP contribution in [-0.2, 0) is 9.53 Å². The molecule has 0 amide bonds. The molecule has 0 saturated heterocycles. The van der Waals surface area contributed by atoms with Crippen molar-refractivity contribution in [2.75, 3.05) is 26.2 Å². The van der Waals surface area contributed by atoms with Gasteiger partial charge < -0.3 is 4.74 Å². The Morgan fingerprint density at radius 1 is 1.21 bits per heavy atom. The summed E-state index contributed by atoms with van der Waals surface area (Å²) in [5.41, 5.74) is 0.452. The highest BCUT2D eigenvalue weighted by molar-refractivity contribution is 5.86. The normalized spacial score (nSPS) is 10.9. The maximum Gasteiger partial charge on any atom is 0.333 e. The first kappa shape index (κ1) is 17.6. The van der Waals surface area contributed by atoms with Crippen LogP contribution in [0.3, 0.4) is 0 Å². The van der Waals surface area contributed by atoms with Crippen molar-refractivity contribution in [1.29, 1.82) is 0 Å². The number of likely N-dealkylation sites (N-methyl/N-ethyl adjacent to an activating group) is 1. The SMILES string of the molecule is C=CCC/C=C/CCN(CC)CCOC(=O)C(=C)C. The fraction of sp³-hybridized carbons (Fsp3) is 0.562. The van der Waals surface area contributed by atoms with E-state index in [2.05, 4.69) is 37.1 Å². The van der Waals surface area contributed by atoms with Gasteiger partial charge in [-0.05, 0) is 32.7 Å². The zero-order valence-electron chi connectivity index (χ0n) is 12.4. The molecule has 0 fully saturated rings. The molecule has 19 heavy (non-hydrogen) atoms. The number of carbonyl (C=O) groups is 1. The third kappa shape index (κ3) is 10.3. The van der Waals surface area contributed by atoms with Gasteiger partial charge in [0.05, 0.1) is 0 Å². The van der Waals surface area contributed by atoms with E-state index in [-0.39, 0.29) is 5.97 Å². The van der Waals surface area contributed by atoms with Gasteiger partial charge in [0.2, 0.25) is 0 Å². The number of esters is 1. The van der Waals surface area contributed by atoms with Crippen LogP contribution in [0.25, 0.3) is 0 Å². The fourth-order valence-electron chi connectivity index (χ4n) is 1.53. The van der Waals surface area contributed by atoms with E-state index in [0.717, 1.165) is 38.9 Å². The predicted octanol–water partition coefficient (Wildman–Crippen LogP) is 3.34. The third-order valence-corrected chi connectivity index (χ3v) is 2.75. The van der Waals surface area contributed by atoms with Gasteiger partial charge in [-0.1, -0.05) is 31.7 Å². The molecule has 0 spiro atoms. The molecule has 3 nitrogen and oxygen atoms in total. The van der Waals surface area contributed by atoms with Crippen LogP contribution in [-0.4, -0.2) is 37.1 Å². The second-order valence-electron chi connectivity index (χ2n) is 4.48. The number of nitrogens with zero attached hydrogens (tertiary/aromatic N) is 1. The Kier molecular flexibility index (Phi) is 10.9. The predicted molar refractivity (Wildman–Crippen MR) is 81.1 cm³/mol. The Bertz CT molecular complexity index is 308. The fourth-order valence-corrected chi connectivity index (χ4v) is 1.53. The second-order valence-corrected chi connectivity index (χ2v) is 4.48. The summed E-state index contributed by atoms with van der Waals surface area (Å²) >= 11 is 0. The minimum absolute atomic E-state index is 0.305. The molecule has 0 saturated carbocycles. The van der Waals surface area contributed by atoms with Crippen molar-refractivity contribution in [3.8, 4) is 0 Å². The van der Waals surface area contributed by atoms with Crippen molar-refractivity contribution in [1.82, 2.24) is 4.90 Å². The van der Waals surface area contributed by atoms with Gasteiger partial charge in [0, 0.05) is 18.7 Å². The van der Waals surface area contributed by atoms with E-state index < -0.39 is 0 Å². The molecule has 0 N–H and O–H groups in total. The van der Waals surface area contributed by atoms with Crippen LogP contribution >= 0.6 is 0 Å². The molecule has 0 aromatic heterocycles. The first-order valence-corrected chi connectivity index (χ1v) is 6.92. The molecular formula is C16H27NO2.